The van der Waals surface area contributed by atoms with Gasteiger partial charge < -0.3 is 11.1 Å². The first kappa shape index (κ1) is 10.4. The highest BCUT2D eigenvalue weighted by atomic mass is 32.1. The lowest BCUT2D eigenvalue weighted by molar-refractivity contribution is 0.0899. The molecule has 3 N–H and O–H groups in total. The molecule has 0 aromatic carbocycles. The number of nitrogen functional groups attached to an aromatic ring is 1. The van der Waals surface area contributed by atoms with Crippen molar-refractivity contribution in [3.8, 4) is 0 Å². The normalized spacial score (nSPS) is 16.4. The van der Waals surface area contributed by atoms with Crippen LogP contribution in [-0.2, 0) is 0 Å². The van der Waals surface area contributed by atoms with Crippen molar-refractivity contribution in [3.05, 3.63) is 11.1 Å². The molecule has 1 saturated carbocycles. The smallest absolute Gasteiger partial charge is 0.271 e. The van der Waals surface area contributed by atoms with Crippen LogP contribution in [0, 0.1) is 5.92 Å². The number of aromatic nitrogens is 1. The summed E-state index contributed by atoms with van der Waals surface area (Å²) in [5, 5.41) is 5.12. The van der Waals surface area contributed by atoms with E-state index in [9.17, 15) is 4.79 Å². The minimum atomic E-state index is -0.130. The molecule has 5 heteroatoms. The first-order valence-corrected chi connectivity index (χ1v) is 5.90. The van der Waals surface area contributed by atoms with Gasteiger partial charge >= 0.3 is 0 Å². The van der Waals surface area contributed by atoms with Crippen molar-refractivity contribution in [3.63, 3.8) is 0 Å². The summed E-state index contributed by atoms with van der Waals surface area (Å²) in [6, 6.07) is 0. The second-order valence-corrected chi connectivity index (χ2v) is 5.41. The van der Waals surface area contributed by atoms with E-state index in [2.05, 4.69) is 24.1 Å². The summed E-state index contributed by atoms with van der Waals surface area (Å²) in [5.41, 5.74) is 5.77. The van der Waals surface area contributed by atoms with Crippen molar-refractivity contribution >= 4 is 22.4 Å². The van der Waals surface area contributed by atoms with Gasteiger partial charge in [-0.3, -0.25) is 4.79 Å². The van der Waals surface area contributed by atoms with Crippen molar-refractivity contribution in [2.45, 2.75) is 32.2 Å². The maximum Gasteiger partial charge on any atom is 0.271 e. The van der Waals surface area contributed by atoms with Gasteiger partial charge in [-0.15, -0.1) is 11.3 Å². The van der Waals surface area contributed by atoms with Crippen molar-refractivity contribution < 1.29 is 4.79 Å². The average Bonchev–Trinajstić information content (AvgIpc) is 2.89. The molecule has 0 unspecified atom stereocenters. The number of amides is 1. The molecule has 4 nitrogen and oxygen atoms in total. The van der Waals surface area contributed by atoms with E-state index >= 15 is 0 Å². The molecule has 15 heavy (non-hydrogen) atoms. The Morgan fingerprint density at radius 3 is 2.80 bits per heavy atom. The molecule has 2 rings (SSSR count). The van der Waals surface area contributed by atoms with Gasteiger partial charge in [0.1, 0.15) is 5.69 Å². The van der Waals surface area contributed by atoms with Crippen molar-refractivity contribution in [1.82, 2.24) is 10.3 Å². The first-order chi connectivity index (χ1) is 6.99. The molecule has 0 spiro atoms. The summed E-state index contributed by atoms with van der Waals surface area (Å²) >= 11 is 1.29. The van der Waals surface area contributed by atoms with Gasteiger partial charge in [0.05, 0.1) is 0 Å². The standard InChI is InChI=1S/C10H15N3OS/c1-10(2,6-3-4-6)13-8(14)7-5-15-9(11)12-7/h5-6H,3-4H2,1-2H3,(H2,11,12)(H,13,14). The second kappa shape index (κ2) is 3.48. The number of carbonyl (C=O) groups excluding carboxylic acids is 1. The van der Waals surface area contributed by atoms with Crippen LogP contribution in [0.5, 0.6) is 0 Å². The van der Waals surface area contributed by atoms with Gasteiger partial charge in [0.15, 0.2) is 5.13 Å². The Balaban J connectivity index is 2.03. The summed E-state index contributed by atoms with van der Waals surface area (Å²) < 4.78 is 0. The third kappa shape index (κ3) is 2.28. The molecule has 0 bridgehead atoms. The number of anilines is 1. The topological polar surface area (TPSA) is 68.0 Å². The van der Waals surface area contributed by atoms with Crippen LogP contribution in [0.15, 0.2) is 5.38 Å². The maximum atomic E-state index is 11.8. The first-order valence-electron chi connectivity index (χ1n) is 5.02. The predicted octanol–water partition coefficient (Wildman–Crippen LogP) is 1.64. The molecule has 1 heterocycles. The lowest BCUT2D eigenvalue weighted by Crippen LogP contribution is -2.45. The number of nitrogens with zero attached hydrogens (tertiary/aromatic N) is 1. The van der Waals surface area contributed by atoms with Gasteiger partial charge in [0.2, 0.25) is 0 Å². The van der Waals surface area contributed by atoms with E-state index in [4.69, 9.17) is 5.73 Å². The molecule has 1 aromatic heterocycles. The SMILES string of the molecule is CC(C)(NC(=O)c1csc(N)n1)C1CC1. The zero-order valence-electron chi connectivity index (χ0n) is 8.91. The summed E-state index contributed by atoms with van der Waals surface area (Å²) in [5.74, 6) is 0.484. The summed E-state index contributed by atoms with van der Waals surface area (Å²) in [4.78, 5) is 15.7. The van der Waals surface area contributed by atoms with Crippen LogP contribution in [0.4, 0.5) is 5.13 Å². The van der Waals surface area contributed by atoms with Crippen LogP contribution >= 0.6 is 11.3 Å². The van der Waals surface area contributed by atoms with Gasteiger partial charge in [-0.25, -0.2) is 4.98 Å². The third-order valence-electron chi connectivity index (χ3n) is 2.79. The maximum absolute atomic E-state index is 11.8. The Kier molecular flexibility index (Phi) is 2.42. The Morgan fingerprint density at radius 2 is 2.33 bits per heavy atom. The number of hydrogen-bond donors (Lipinski definition) is 2. The molecular formula is C10H15N3OS. The molecule has 1 fully saturated rings. The van der Waals surface area contributed by atoms with Crippen LogP contribution in [0.1, 0.15) is 37.2 Å². The van der Waals surface area contributed by atoms with Crippen LogP contribution in [0.2, 0.25) is 0 Å². The van der Waals surface area contributed by atoms with Gasteiger partial charge in [-0.2, -0.15) is 0 Å². The molecule has 1 aromatic rings. The lowest BCUT2D eigenvalue weighted by atomic mass is 9.99. The van der Waals surface area contributed by atoms with Crippen LogP contribution < -0.4 is 11.1 Å². The molecule has 1 aliphatic carbocycles. The Morgan fingerprint density at radius 1 is 1.67 bits per heavy atom. The molecular weight excluding hydrogens is 210 g/mol. The van der Waals surface area contributed by atoms with E-state index in [0.717, 1.165) is 0 Å². The quantitative estimate of drug-likeness (QED) is 0.821. The molecule has 0 atom stereocenters. The Labute approximate surface area is 92.9 Å². The zero-order valence-corrected chi connectivity index (χ0v) is 9.73. The fourth-order valence-corrected chi connectivity index (χ4v) is 2.20. The molecule has 82 valence electrons. The fraction of sp³-hybridized carbons (Fsp3) is 0.600. The van der Waals surface area contributed by atoms with E-state index < -0.39 is 0 Å². The molecule has 0 radical (unpaired) electrons. The monoisotopic (exact) mass is 225 g/mol. The number of rotatable bonds is 3. The van der Waals surface area contributed by atoms with E-state index in [0.29, 0.717) is 16.7 Å². The number of nitrogens with one attached hydrogen (secondary N) is 1. The number of thiazole rings is 1. The molecule has 1 amide bonds. The minimum absolute atomic E-state index is 0.125. The van der Waals surface area contributed by atoms with Gasteiger partial charge in [-0.1, -0.05) is 0 Å². The molecule has 1 aliphatic rings. The van der Waals surface area contributed by atoms with Crippen LogP contribution in [0.25, 0.3) is 0 Å². The van der Waals surface area contributed by atoms with E-state index in [1.54, 1.807) is 5.38 Å². The summed E-state index contributed by atoms with van der Waals surface area (Å²) in [7, 11) is 0. The largest absolute Gasteiger partial charge is 0.375 e. The van der Waals surface area contributed by atoms with Crippen LogP contribution in [-0.4, -0.2) is 16.4 Å². The second-order valence-electron chi connectivity index (χ2n) is 4.52. The van der Waals surface area contributed by atoms with E-state index in [1.807, 2.05) is 0 Å². The fourth-order valence-electron chi connectivity index (χ4n) is 1.66. The van der Waals surface area contributed by atoms with E-state index in [-0.39, 0.29) is 11.4 Å². The van der Waals surface area contributed by atoms with Gasteiger partial charge in [-0.05, 0) is 32.6 Å². The minimum Gasteiger partial charge on any atom is -0.375 e. The Hall–Kier alpha value is -1.10. The van der Waals surface area contributed by atoms with Crippen molar-refractivity contribution in [2.75, 3.05) is 5.73 Å². The van der Waals surface area contributed by atoms with Gasteiger partial charge in [0.25, 0.3) is 5.91 Å². The third-order valence-corrected chi connectivity index (χ3v) is 3.46. The van der Waals surface area contributed by atoms with Crippen molar-refractivity contribution in [1.29, 1.82) is 0 Å². The van der Waals surface area contributed by atoms with Gasteiger partial charge in [0, 0.05) is 10.9 Å². The average molecular weight is 225 g/mol. The lowest BCUT2D eigenvalue weighted by Gasteiger charge is -2.25. The highest BCUT2D eigenvalue weighted by molar-refractivity contribution is 7.13. The van der Waals surface area contributed by atoms with Crippen LogP contribution in [0.3, 0.4) is 0 Å². The number of nitrogens with two attached hydrogens (primary N) is 1. The number of hydrogen-bond acceptors (Lipinski definition) is 4. The Bertz CT molecular complexity index is 382. The molecule has 0 saturated heterocycles. The van der Waals surface area contributed by atoms with Crippen molar-refractivity contribution in [2.24, 2.45) is 5.92 Å². The molecule has 0 aliphatic heterocycles. The zero-order chi connectivity index (χ0) is 11.1. The predicted molar refractivity (Wildman–Crippen MR) is 60.8 cm³/mol. The summed E-state index contributed by atoms with van der Waals surface area (Å²) in [6.07, 6.45) is 2.40. The highest BCUT2D eigenvalue weighted by Crippen LogP contribution is 2.39. The number of carbonyl (C=O) groups is 1. The highest BCUT2D eigenvalue weighted by Gasteiger charge is 2.39. The van der Waals surface area contributed by atoms with E-state index in [1.165, 1.54) is 24.2 Å². The summed E-state index contributed by atoms with van der Waals surface area (Å²) in [6.45, 7) is 4.11.